The Hall–Kier alpha value is -2.91. The molecule has 2 heterocycles. The number of piperidine rings is 1. The number of aromatic nitrogens is 1. The van der Waals surface area contributed by atoms with Crippen molar-refractivity contribution in [3.8, 4) is 0 Å². The van der Waals surface area contributed by atoms with E-state index in [9.17, 15) is 13.2 Å². The second-order valence-corrected chi connectivity index (χ2v) is 14.4. The van der Waals surface area contributed by atoms with E-state index in [0.29, 0.717) is 23.8 Å². The minimum Gasteiger partial charge on any atom is -0.491 e. The van der Waals surface area contributed by atoms with Crippen molar-refractivity contribution in [3.05, 3.63) is 99.6 Å². The van der Waals surface area contributed by atoms with Gasteiger partial charge in [0.1, 0.15) is 12.4 Å². The smallest absolute Gasteiger partial charge is 0.416 e. The van der Waals surface area contributed by atoms with Gasteiger partial charge < -0.3 is 15.0 Å². The predicted octanol–water partition coefficient (Wildman–Crippen LogP) is 10.0. The third-order valence-electron chi connectivity index (χ3n) is 9.11. The van der Waals surface area contributed by atoms with E-state index in [4.69, 9.17) is 9.72 Å². The standard InChI is InChI=1S/C35H40F3N3OS2/c1-22(2)41-15-13-25(14-16-41)31-21-43-34(39-31)40-33-29-12-10-26(29)17-28(19-32(33)42-20-24-7-5-4-6-8-24)44-27-11-9-23(3)30(18-27)35(36,37)38/h5,7-9,11,17-18,21,25,28-29H,1,4,6,10,12-16,19-20H2,2-3H3,(H,39,40). The third kappa shape index (κ3) is 7.15. The van der Waals surface area contributed by atoms with Crippen molar-refractivity contribution in [1.82, 2.24) is 9.88 Å². The lowest BCUT2D eigenvalue weighted by atomic mass is 9.77. The first-order chi connectivity index (χ1) is 21.1. The fourth-order valence-electron chi connectivity index (χ4n) is 6.44. The lowest BCUT2D eigenvalue weighted by Crippen LogP contribution is -2.31. The maximum Gasteiger partial charge on any atom is 0.416 e. The van der Waals surface area contributed by atoms with Crippen molar-refractivity contribution in [2.24, 2.45) is 5.92 Å². The highest BCUT2D eigenvalue weighted by molar-refractivity contribution is 8.00. The molecule has 1 aromatic carbocycles. The number of thiazole rings is 1. The Morgan fingerprint density at radius 3 is 2.70 bits per heavy atom. The number of ether oxygens (including phenoxy) is 1. The molecule has 2 unspecified atom stereocenters. The molecule has 0 amide bonds. The average Bonchev–Trinajstić information content (AvgIpc) is 3.43. The Bertz CT molecular complexity index is 1510. The lowest BCUT2D eigenvalue weighted by molar-refractivity contribution is -0.138. The summed E-state index contributed by atoms with van der Waals surface area (Å²) in [4.78, 5) is 8.01. The number of rotatable bonds is 9. The number of aryl methyl sites for hydroxylation is 1. The summed E-state index contributed by atoms with van der Waals surface area (Å²) >= 11 is 3.12. The molecular formula is C35H40F3N3OS2. The van der Waals surface area contributed by atoms with Crippen molar-refractivity contribution in [1.29, 1.82) is 0 Å². The fraction of sp³-hybridized carbons (Fsp3) is 0.457. The van der Waals surface area contributed by atoms with Crippen LogP contribution in [0.1, 0.15) is 74.6 Å². The van der Waals surface area contributed by atoms with Crippen LogP contribution < -0.4 is 5.32 Å². The number of anilines is 1. The van der Waals surface area contributed by atoms with E-state index in [0.717, 1.165) is 85.2 Å². The molecule has 4 nitrogen and oxygen atoms in total. The predicted molar refractivity (Wildman–Crippen MR) is 175 cm³/mol. The van der Waals surface area contributed by atoms with E-state index in [-0.39, 0.29) is 16.7 Å². The number of hydrogen-bond acceptors (Lipinski definition) is 6. The first kappa shape index (κ1) is 31.1. The molecule has 1 aliphatic heterocycles. The lowest BCUT2D eigenvalue weighted by Gasteiger charge is -2.33. The second kappa shape index (κ2) is 13.2. The second-order valence-electron chi connectivity index (χ2n) is 12.3. The van der Waals surface area contributed by atoms with Gasteiger partial charge in [-0.05, 0) is 75.6 Å². The number of hydrogen-bond donors (Lipinski definition) is 1. The number of alkyl halides is 3. The molecule has 1 saturated carbocycles. The highest BCUT2D eigenvalue weighted by atomic mass is 32.2. The van der Waals surface area contributed by atoms with Crippen molar-refractivity contribution in [2.75, 3.05) is 25.0 Å². The van der Waals surface area contributed by atoms with E-state index < -0.39 is 11.7 Å². The number of likely N-dealkylation sites (tertiary alicyclic amines) is 1. The van der Waals surface area contributed by atoms with E-state index in [1.54, 1.807) is 23.5 Å². The first-order valence-electron chi connectivity index (χ1n) is 15.5. The quantitative estimate of drug-likeness (QED) is 0.277. The number of fused-ring (bicyclic) bond motifs is 1. The molecular weight excluding hydrogens is 600 g/mol. The van der Waals surface area contributed by atoms with Crippen LogP contribution in [-0.2, 0) is 10.9 Å². The van der Waals surface area contributed by atoms with Crippen LogP contribution in [0.3, 0.4) is 0 Å². The van der Waals surface area contributed by atoms with Gasteiger partial charge in [-0.2, -0.15) is 13.2 Å². The van der Waals surface area contributed by atoms with Crippen LogP contribution >= 0.6 is 23.1 Å². The highest BCUT2D eigenvalue weighted by Gasteiger charge is 2.36. The summed E-state index contributed by atoms with van der Waals surface area (Å²) in [5.74, 6) is 1.53. The van der Waals surface area contributed by atoms with Gasteiger partial charge in [0.05, 0.1) is 17.0 Å². The highest BCUT2D eigenvalue weighted by Crippen LogP contribution is 2.47. The Morgan fingerprint density at radius 1 is 1.20 bits per heavy atom. The van der Waals surface area contributed by atoms with Gasteiger partial charge in [0, 0.05) is 52.6 Å². The summed E-state index contributed by atoms with van der Waals surface area (Å²) in [6, 6.07) is 4.67. The number of halogens is 3. The van der Waals surface area contributed by atoms with E-state index in [1.165, 1.54) is 30.3 Å². The summed E-state index contributed by atoms with van der Waals surface area (Å²) in [6.45, 7) is 10.2. The molecule has 1 N–H and O–H groups in total. The van der Waals surface area contributed by atoms with Gasteiger partial charge in [-0.3, -0.25) is 0 Å². The molecule has 9 heteroatoms. The first-order valence-corrected chi connectivity index (χ1v) is 17.3. The minimum absolute atomic E-state index is 0.0351. The number of nitrogens with zero attached hydrogens (tertiary/aromatic N) is 2. The van der Waals surface area contributed by atoms with Gasteiger partial charge in [0.25, 0.3) is 0 Å². The molecule has 2 aromatic rings. The van der Waals surface area contributed by atoms with Crippen LogP contribution in [0.5, 0.6) is 0 Å². The molecule has 3 aliphatic carbocycles. The van der Waals surface area contributed by atoms with Crippen molar-refractivity contribution in [3.63, 3.8) is 0 Å². The van der Waals surface area contributed by atoms with E-state index in [1.807, 2.05) is 0 Å². The zero-order valence-electron chi connectivity index (χ0n) is 25.4. The number of allylic oxidation sites excluding steroid dienone is 5. The monoisotopic (exact) mass is 639 g/mol. The zero-order valence-corrected chi connectivity index (χ0v) is 27.0. The molecule has 1 aromatic heterocycles. The molecule has 0 radical (unpaired) electrons. The number of benzene rings is 1. The summed E-state index contributed by atoms with van der Waals surface area (Å²) in [6.07, 6.45) is 11.2. The van der Waals surface area contributed by atoms with Crippen molar-refractivity contribution < 1.29 is 17.9 Å². The summed E-state index contributed by atoms with van der Waals surface area (Å²) < 4.78 is 47.6. The molecule has 2 atom stereocenters. The van der Waals surface area contributed by atoms with Crippen LogP contribution in [0, 0.1) is 12.8 Å². The maximum absolute atomic E-state index is 13.7. The summed E-state index contributed by atoms with van der Waals surface area (Å²) in [5.41, 5.74) is 5.49. The Balaban J connectivity index is 1.25. The zero-order chi connectivity index (χ0) is 30.8. The van der Waals surface area contributed by atoms with Crippen LogP contribution in [-0.4, -0.2) is 34.8 Å². The average molecular weight is 640 g/mol. The minimum atomic E-state index is -4.37. The summed E-state index contributed by atoms with van der Waals surface area (Å²) in [7, 11) is 0. The molecule has 44 heavy (non-hydrogen) atoms. The number of thioether (sulfide) groups is 1. The van der Waals surface area contributed by atoms with Crippen LogP contribution in [0.25, 0.3) is 0 Å². The Morgan fingerprint density at radius 2 is 2.02 bits per heavy atom. The van der Waals surface area contributed by atoms with Gasteiger partial charge in [-0.1, -0.05) is 42.5 Å². The normalized spacial score (nSPS) is 22.5. The van der Waals surface area contributed by atoms with Crippen LogP contribution in [0.4, 0.5) is 18.3 Å². The van der Waals surface area contributed by atoms with E-state index >= 15 is 0 Å². The molecule has 6 rings (SSSR count). The molecule has 0 spiro atoms. The Labute approximate surface area is 266 Å². The third-order valence-corrected chi connectivity index (χ3v) is 11.0. The molecule has 4 aliphatic rings. The summed E-state index contributed by atoms with van der Waals surface area (Å²) in [5, 5.41) is 6.72. The van der Waals surface area contributed by atoms with Crippen LogP contribution in [0.2, 0.25) is 0 Å². The Kier molecular flexibility index (Phi) is 9.34. The fourth-order valence-corrected chi connectivity index (χ4v) is 8.41. The van der Waals surface area contributed by atoms with Gasteiger partial charge in [-0.15, -0.1) is 23.1 Å². The topological polar surface area (TPSA) is 37.4 Å². The van der Waals surface area contributed by atoms with Gasteiger partial charge >= 0.3 is 6.18 Å². The van der Waals surface area contributed by atoms with Crippen molar-refractivity contribution in [2.45, 2.75) is 81.0 Å². The largest absolute Gasteiger partial charge is 0.491 e. The molecule has 0 bridgehead atoms. The van der Waals surface area contributed by atoms with Gasteiger partial charge in [0.15, 0.2) is 5.13 Å². The van der Waals surface area contributed by atoms with E-state index in [2.05, 4.69) is 53.4 Å². The number of nitrogens with one attached hydrogen (secondary N) is 1. The maximum atomic E-state index is 13.7. The molecule has 2 fully saturated rings. The van der Waals surface area contributed by atoms with Crippen LogP contribution in [0.15, 0.2) is 87.7 Å². The van der Waals surface area contributed by atoms with Gasteiger partial charge in [-0.25, -0.2) is 4.98 Å². The van der Waals surface area contributed by atoms with Crippen molar-refractivity contribution >= 4 is 28.2 Å². The SMILES string of the molecule is C=C(C)N1CCC(c2csc(NC3=C(OCC4=CCCC=C4)CC(Sc4ccc(C)c(C(F)(F)F)c4)C=C4CCC43)n2)CC1. The molecule has 234 valence electrons. The van der Waals surface area contributed by atoms with Gasteiger partial charge in [0.2, 0.25) is 0 Å². The molecule has 1 saturated heterocycles.